The Bertz CT molecular complexity index is 671. The molecule has 0 saturated carbocycles. The predicted octanol–water partition coefficient (Wildman–Crippen LogP) is 3.47. The van der Waals surface area contributed by atoms with Gasteiger partial charge in [-0.2, -0.15) is 5.10 Å². The molecule has 1 heterocycles. The van der Waals surface area contributed by atoms with Gasteiger partial charge in [0.25, 0.3) is 0 Å². The Hall–Kier alpha value is -2.00. The van der Waals surface area contributed by atoms with Crippen LogP contribution in [0.25, 0.3) is 22.0 Å². The van der Waals surface area contributed by atoms with E-state index in [0.29, 0.717) is 5.82 Å². The van der Waals surface area contributed by atoms with Crippen LogP contribution < -0.4 is 5.73 Å². The summed E-state index contributed by atoms with van der Waals surface area (Å²) in [5, 5.41) is 8.61. The average molecular weight is 244 g/mol. The molecule has 4 heteroatoms. The number of benzene rings is 2. The first-order valence-corrected chi connectivity index (χ1v) is 5.62. The zero-order valence-corrected chi connectivity index (χ0v) is 9.70. The van der Waals surface area contributed by atoms with Crippen LogP contribution in [0.3, 0.4) is 0 Å². The Morgan fingerprint density at radius 1 is 1.06 bits per heavy atom. The van der Waals surface area contributed by atoms with Crippen molar-refractivity contribution in [3.8, 4) is 11.1 Å². The third-order valence-electron chi connectivity index (χ3n) is 2.77. The van der Waals surface area contributed by atoms with E-state index in [1.54, 1.807) is 0 Å². The summed E-state index contributed by atoms with van der Waals surface area (Å²) in [7, 11) is 0. The second-order valence-corrected chi connectivity index (χ2v) is 4.28. The van der Waals surface area contributed by atoms with Gasteiger partial charge in [0.05, 0.1) is 10.9 Å². The van der Waals surface area contributed by atoms with Gasteiger partial charge in [-0.3, -0.25) is 5.10 Å². The van der Waals surface area contributed by atoms with Gasteiger partial charge in [0.1, 0.15) is 0 Å². The highest BCUT2D eigenvalue weighted by molar-refractivity contribution is 6.30. The highest BCUT2D eigenvalue weighted by atomic mass is 35.5. The number of halogens is 1. The van der Waals surface area contributed by atoms with Crippen molar-refractivity contribution in [2.45, 2.75) is 0 Å². The van der Waals surface area contributed by atoms with Crippen LogP contribution in [0.4, 0.5) is 5.82 Å². The molecule has 0 aliphatic heterocycles. The Morgan fingerprint density at radius 3 is 2.59 bits per heavy atom. The van der Waals surface area contributed by atoms with Crippen LogP contribution in [-0.2, 0) is 0 Å². The fraction of sp³-hybridized carbons (Fsp3) is 0. The number of nitrogens with zero attached hydrogens (tertiary/aromatic N) is 1. The molecule has 0 saturated heterocycles. The Morgan fingerprint density at radius 2 is 1.82 bits per heavy atom. The molecule has 0 spiro atoms. The Balaban J connectivity index is 2.29. The van der Waals surface area contributed by atoms with E-state index in [9.17, 15) is 0 Å². The van der Waals surface area contributed by atoms with E-state index in [1.165, 1.54) is 0 Å². The van der Waals surface area contributed by atoms with Gasteiger partial charge in [-0.1, -0.05) is 35.9 Å². The molecule has 84 valence electrons. The van der Waals surface area contributed by atoms with Gasteiger partial charge in [-0.05, 0) is 29.3 Å². The predicted molar refractivity (Wildman–Crippen MR) is 71.0 cm³/mol. The van der Waals surface area contributed by atoms with Crippen LogP contribution in [0.15, 0.2) is 42.5 Å². The topological polar surface area (TPSA) is 54.7 Å². The number of hydrogen-bond donors (Lipinski definition) is 2. The molecule has 0 fully saturated rings. The monoisotopic (exact) mass is 243 g/mol. The van der Waals surface area contributed by atoms with Gasteiger partial charge in [0.2, 0.25) is 0 Å². The number of nitrogen functional groups attached to an aromatic ring is 1. The lowest BCUT2D eigenvalue weighted by Crippen LogP contribution is -1.86. The number of nitrogens with one attached hydrogen (secondary N) is 1. The standard InChI is InChI=1S/C13H10ClN3/c14-9-6-4-8(5-7-9)10-2-1-3-11-12(10)13(15)17-16-11/h1-7H,(H3,15,16,17). The zero-order valence-electron chi connectivity index (χ0n) is 8.94. The normalized spacial score (nSPS) is 10.9. The van der Waals surface area contributed by atoms with Crippen LogP contribution in [-0.4, -0.2) is 10.2 Å². The van der Waals surface area contributed by atoms with Crippen molar-refractivity contribution >= 4 is 28.3 Å². The second-order valence-electron chi connectivity index (χ2n) is 3.84. The summed E-state index contributed by atoms with van der Waals surface area (Å²) in [4.78, 5) is 0. The van der Waals surface area contributed by atoms with E-state index >= 15 is 0 Å². The fourth-order valence-corrected chi connectivity index (χ4v) is 2.09. The minimum atomic E-state index is 0.519. The molecule has 0 atom stereocenters. The Kier molecular flexibility index (Phi) is 2.27. The van der Waals surface area contributed by atoms with Crippen molar-refractivity contribution in [2.75, 3.05) is 5.73 Å². The molecular weight excluding hydrogens is 234 g/mol. The highest BCUT2D eigenvalue weighted by Gasteiger charge is 2.08. The number of nitrogens with two attached hydrogens (primary N) is 1. The van der Waals surface area contributed by atoms with E-state index in [2.05, 4.69) is 10.2 Å². The van der Waals surface area contributed by atoms with Crippen LogP contribution in [0.1, 0.15) is 0 Å². The molecule has 3 rings (SSSR count). The largest absolute Gasteiger partial charge is 0.382 e. The average Bonchev–Trinajstić information content (AvgIpc) is 2.73. The molecule has 0 aliphatic rings. The lowest BCUT2D eigenvalue weighted by molar-refractivity contribution is 1.13. The number of hydrogen-bond acceptors (Lipinski definition) is 2. The van der Waals surface area contributed by atoms with E-state index in [-0.39, 0.29) is 0 Å². The number of anilines is 1. The first kappa shape index (κ1) is 10.2. The minimum Gasteiger partial charge on any atom is -0.382 e. The lowest BCUT2D eigenvalue weighted by atomic mass is 10.0. The van der Waals surface area contributed by atoms with E-state index in [1.807, 2.05) is 42.5 Å². The van der Waals surface area contributed by atoms with E-state index in [0.717, 1.165) is 27.1 Å². The maximum atomic E-state index is 5.88. The van der Waals surface area contributed by atoms with Crippen LogP contribution in [0.5, 0.6) is 0 Å². The molecule has 2 aromatic carbocycles. The first-order valence-electron chi connectivity index (χ1n) is 5.24. The zero-order chi connectivity index (χ0) is 11.8. The van der Waals surface area contributed by atoms with E-state index < -0.39 is 0 Å². The van der Waals surface area contributed by atoms with E-state index in [4.69, 9.17) is 17.3 Å². The summed E-state index contributed by atoms with van der Waals surface area (Å²) in [6, 6.07) is 13.6. The Labute approximate surface area is 103 Å². The third-order valence-corrected chi connectivity index (χ3v) is 3.02. The molecule has 0 unspecified atom stereocenters. The summed E-state index contributed by atoms with van der Waals surface area (Å²) in [5.41, 5.74) is 8.95. The molecule has 0 amide bonds. The van der Waals surface area contributed by atoms with Crippen LogP contribution in [0, 0.1) is 0 Å². The van der Waals surface area contributed by atoms with Crippen LogP contribution in [0.2, 0.25) is 5.02 Å². The molecule has 3 N–H and O–H groups in total. The van der Waals surface area contributed by atoms with Gasteiger partial charge in [-0.25, -0.2) is 0 Å². The number of H-pyrrole nitrogens is 1. The maximum Gasteiger partial charge on any atom is 0.153 e. The number of aromatic amines is 1. The van der Waals surface area contributed by atoms with Crippen molar-refractivity contribution in [1.82, 2.24) is 10.2 Å². The molecule has 3 aromatic rings. The van der Waals surface area contributed by atoms with Crippen molar-refractivity contribution in [3.05, 3.63) is 47.5 Å². The molecule has 3 nitrogen and oxygen atoms in total. The van der Waals surface area contributed by atoms with Gasteiger partial charge < -0.3 is 5.73 Å². The van der Waals surface area contributed by atoms with Crippen molar-refractivity contribution < 1.29 is 0 Å². The third kappa shape index (κ3) is 1.65. The van der Waals surface area contributed by atoms with Gasteiger partial charge in [-0.15, -0.1) is 0 Å². The minimum absolute atomic E-state index is 0.519. The number of fused-ring (bicyclic) bond motifs is 1. The molecular formula is C13H10ClN3. The number of rotatable bonds is 1. The van der Waals surface area contributed by atoms with Crippen molar-refractivity contribution in [2.24, 2.45) is 0 Å². The van der Waals surface area contributed by atoms with Crippen molar-refractivity contribution in [3.63, 3.8) is 0 Å². The molecule has 0 bridgehead atoms. The summed E-state index contributed by atoms with van der Waals surface area (Å²) in [6.07, 6.45) is 0. The number of aromatic nitrogens is 2. The highest BCUT2D eigenvalue weighted by Crippen LogP contribution is 2.31. The fourth-order valence-electron chi connectivity index (χ4n) is 1.97. The summed E-state index contributed by atoms with van der Waals surface area (Å²) < 4.78 is 0. The van der Waals surface area contributed by atoms with Gasteiger partial charge >= 0.3 is 0 Å². The van der Waals surface area contributed by atoms with Gasteiger partial charge in [0, 0.05) is 5.02 Å². The first-order chi connectivity index (χ1) is 8.25. The quantitative estimate of drug-likeness (QED) is 0.688. The summed E-state index contributed by atoms with van der Waals surface area (Å²) in [6.45, 7) is 0. The maximum absolute atomic E-state index is 5.88. The van der Waals surface area contributed by atoms with Crippen LogP contribution >= 0.6 is 11.6 Å². The van der Waals surface area contributed by atoms with Crippen molar-refractivity contribution in [1.29, 1.82) is 0 Å². The molecule has 1 aromatic heterocycles. The van der Waals surface area contributed by atoms with Gasteiger partial charge in [0.15, 0.2) is 5.82 Å². The molecule has 0 radical (unpaired) electrons. The molecule has 0 aliphatic carbocycles. The SMILES string of the molecule is Nc1n[nH]c2cccc(-c3ccc(Cl)cc3)c12. The smallest absolute Gasteiger partial charge is 0.153 e. The summed E-state index contributed by atoms with van der Waals surface area (Å²) in [5.74, 6) is 0.519. The second kappa shape index (κ2) is 3.79. The summed E-state index contributed by atoms with van der Waals surface area (Å²) >= 11 is 5.88. The lowest BCUT2D eigenvalue weighted by Gasteiger charge is -2.04. The molecule has 17 heavy (non-hydrogen) atoms.